The van der Waals surface area contributed by atoms with E-state index in [0.717, 1.165) is 37.8 Å². The fraction of sp³-hybridized carbons (Fsp3) is 0.588. The van der Waals surface area contributed by atoms with Gasteiger partial charge in [-0.1, -0.05) is 32.8 Å². The molecule has 2 rings (SSSR count). The molecule has 1 aliphatic carbocycles. The summed E-state index contributed by atoms with van der Waals surface area (Å²) in [6.07, 6.45) is 6.11. The number of benzene rings is 1. The van der Waals surface area contributed by atoms with Crippen molar-refractivity contribution in [2.24, 2.45) is 5.92 Å². The third kappa shape index (κ3) is 4.92. The highest BCUT2D eigenvalue weighted by atomic mass is 35.5. The Balaban J connectivity index is 0.00000220. The van der Waals surface area contributed by atoms with Crippen LogP contribution in [0.2, 0.25) is 0 Å². The monoisotopic (exact) mass is 310 g/mol. The van der Waals surface area contributed by atoms with E-state index in [1.165, 1.54) is 11.1 Å². The Bertz CT molecular complexity index is 476. The van der Waals surface area contributed by atoms with Crippen LogP contribution in [0.25, 0.3) is 0 Å². The molecule has 2 atom stereocenters. The van der Waals surface area contributed by atoms with E-state index in [4.69, 9.17) is 5.73 Å². The maximum atomic E-state index is 12.1. The topological polar surface area (TPSA) is 55.1 Å². The number of nitrogen functional groups attached to an aromatic ring is 1. The zero-order chi connectivity index (χ0) is 14.5. The van der Waals surface area contributed by atoms with Crippen molar-refractivity contribution in [2.75, 3.05) is 5.73 Å². The molecule has 2 unspecified atom stereocenters. The van der Waals surface area contributed by atoms with Crippen LogP contribution < -0.4 is 11.1 Å². The van der Waals surface area contributed by atoms with Gasteiger partial charge in [-0.3, -0.25) is 4.79 Å². The highest BCUT2D eigenvalue weighted by molar-refractivity contribution is 5.85. The summed E-state index contributed by atoms with van der Waals surface area (Å²) in [7, 11) is 0. The first kappa shape index (κ1) is 17.8. The zero-order valence-corrected chi connectivity index (χ0v) is 13.8. The summed E-state index contributed by atoms with van der Waals surface area (Å²) in [5.41, 5.74) is 9.20. The Kier molecular flexibility index (Phi) is 7.03. The summed E-state index contributed by atoms with van der Waals surface area (Å²) in [5.74, 6) is 0.648. The molecule has 0 saturated heterocycles. The Labute approximate surface area is 134 Å². The summed E-state index contributed by atoms with van der Waals surface area (Å²) >= 11 is 0. The second-order valence-corrected chi connectivity index (χ2v) is 6.07. The maximum absolute atomic E-state index is 12.1. The predicted octanol–water partition coefficient (Wildman–Crippen LogP) is 4.01. The first-order valence-corrected chi connectivity index (χ1v) is 7.77. The summed E-state index contributed by atoms with van der Waals surface area (Å²) < 4.78 is 0. The number of rotatable bonds is 5. The van der Waals surface area contributed by atoms with Crippen molar-refractivity contribution in [3.05, 3.63) is 29.3 Å². The number of carbonyl (C=O) groups excluding carboxylic acids is 1. The third-order valence-electron chi connectivity index (χ3n) is 4.13. The van der Waals surface area contributed by atoms with Gasteiger partial charge in [-0.2, -0.15) is 0 Å². The summed E-state index contributed by atoms with van der Waals surface area (Å²) in [6, 6.07) is 6.22. The average Bonchev–Trinajstić information content (AvgIpc) is 2.38. The lowest BCUT2D eigenvalue weighted by molar-refractivity contribution is -0.122. The van der Waals surface area contributed by atoms with Crippen LogP contribution in [0.15, 0.2) is 18.2 Å². The van der Waals surface area contributed by atoms with E-state index in [2.05, 4.69) is 25.2 Å². The maximum Gasteiger partial charge on any atom is 0.220 e. The van der Waals surface area contributed by atoms with Crippen molar-refractivity contribution < 1.29 is 4.79 Å². The van der Waals surface area contributed by atoms with E-state index in [1.54, 1.807) is 0 Å². The fourth-order valence-corrected chi connectivity index (χ4v) is 3.15. The highest BCUT2D eigenvalue weighted by Crippen LogP contribution is 2.31. The number of hydrogen-bond acceptors (Lipinski definition) is 2. The molecule has 0 radical (unpaired) electrons. The molecule has 0 aliphatic heterocycles. The van der Waals surface area contributed by atoms with E-state index in [9.17, 15) is 4.79 Å². The van der Waals surface area contributed by atoms with Gasteiger partial charge in [-0.15, -0.1) is 12.4 Å². The molecular formula is C17H27ClN2O. The van der Waals surface area contributed by atoms with Gasteiger partial charge in [0.1, 0.15) is 0 Å². The molecule has 0 fully saturated rings. The number of aryl methyl sites for hydroxylation is 1. The number of nitrogens with one attached hydrogen (secondary N) is 1. The molecule has 0 spiro atoms. The van der Waals surface area contributed by atoms with E-state index >= 15 is 0 Å². The lowest BCUT2D eigenvalue weighted by atomic mass is 9.87. The molecule has 21 heavy (non-hydrogen) atoms. The van der Waals surface area contributed by atoms with Crippen molar-refractivity contribution in [2.45, 2.75) is 58.4 Å². The second kappa shape index (κ2) is 8.28. The lowest BCUT2D eigenvalue weighted by Crippen LogP contribution is -2.31. The van der Waals surface area contributed by atoms with E-state index < -0.39 is 0 Å². The van der Waals surface area contributed by atoms with Crippen LogP contribution in [0.3, 0.4) is 0 Å². The molecule has 118 valence electrons. The number of anilines is 1. The predicted molar refractivity (Wildman–Crippen MR) is 90.6 cm³/mol. The number of amides is 1. The summed E-state index contributed by atoms with van der Waals surface area (Å²) in [4.78, 5) is 12.1. The fourth-order valence-electron chi connectivity index (χ4n) is 3.15. The van der Waals surface area contributed by atoms with Gasteiger partial charge in [0.05, 0.1) is 6.04 Å². The molecule has 1 amide bonds. The quantitative estimate of drug-likeness (QED) is 0.807. The third-order valence-corrected chi connectivity index (χ3v) is 4.13. The SMILES string of the molecule is CCCC(C)CC(=O)NC1CCCc2cc(N)ccc21.Cl. The molecule has 3 N–H and O–H groups in total. The molecular weight excluding hydrogens is 284 g/mol. The summed E-state index contributed by atoms with van der Waals surface area (Å²) in [5, 5.41) is 3.20. The van der Waals surface area contributed by atoms with Crippen LogP contribution in [0.1, 0.15) is 63.1 Å². The highest BCUT2D eigenvalue weighted by Gasteiger charge is 2.22. The Morgan fingerprint density at radius 3 is 2.95 bits per heavy atom. The molecule has 0 bridgehead atoms. The van der Waals surface area contributed by atoms with Gasteiger partial charge in [0.25, 0.3) is 0 Å². The van der Waals surface area contributed by atoms with Gasteiger partial charge in [-0.05, 0) is 48.4 Å². The minimum atomic E-state index is 0. The average molecular weight is 311 g/mol. The van der Waals surface area contributed by atoms with E-state index in [-0.39, 0.29) is 24.4 Å². The molecule has 0 saturated carbocycles. The second-order valence-electron chi connectivity index (χ2n) is 6.07. The van der Waals surface area contributed by atoms with Gasteiger partial charge < -0.3 is 11.1 Å². The molecule has 1 aliphatic rings. The molecule has 0 heterocycles. The van der Waals surface area contributed by atoms with Gasteiger partial charge in [-0.25, -0.2) is 0 Å². The molecule has 0 aromatic heterocycles. The minimum Gasteiger partial charge on any atom is -0.399 e. The van der Waals surface area contributed by atoms with Crippen LogP contribution in [0, 0.1) is 5.92 Å². The Morgan fingerprint density at radius 2 is 2.24 bits per heavy atom. The Morgan fingerprint density at radius 1 is 1.48 bits per heavy atom. The number of nitrogens with two attached hydrogens (primary N) is 1. The summed E-state index contributed by atoms with van der Waals surface area (Å²) in [6.45, 7) is 4.31. The van der Waals surface area contributed by atoms with Crippen molar-refractivity contribution in [1.82, 2.24) is 5.32 Å². The van der Waals surface area contributed by atoms with Crippen LogP contribution in [-0.2, 0) is 11.2 Å². The first-order chi connectivity index (χ1) is 9.60. The van der Waals surface area contributed by atoms with Crippen LogP contribution in [0.5, 0.6) is 0 Å². The number of hydrogen-bond donors (Lipinski definition) is 2. The van der Waals surface area contributed by atoms with Crippen LogP contribution >= 0.6 is 12.4 Å². The number of carbonyl (C=O) groups is 1. The molecule has 1 aromatic carbocycles. The van der Waals surface area contributed by atoms with Crippen LogP contribution in [-0.4, -0.2) is 5.91 Å². The van der Waals surface area contributed by atoms with Crippen LogP contribution in [0.4, 0.5) is 5.69 Å². The van der Waals surface area contributed by atoms with Gasteiger partial charge in [0.2, 0.25) is 5.91 Å². The Hall–Kier alpha value is -1.22. The van der Waals surface area contributed by atoms with E-state index in [0.29, 0.717) is 12.3 Å². The number of fused-ring (bicyclic) bond motifs is 1. The van der Waals surface area contributed by atoms with Crippen molar-refractivity contribution >= 4 is 24.0 Å². The van der Waals surface area contributed by atoms with Crippen molar-refractivity contribution in [3.8, 4) is 0 Å². The lowest BCUT2D eigenvalue weighted by Gasteiger charge is -2.27. The van der Waals surface area contributed by atoms with Crippen molar-refractivity contribution in [3.63, 3.8) is 0 Å². The number of halogens is 1. The first-order valence-electron chi connectivity index (χ1n) is 7.77. The smallest absolute Gasteiger partial charge is 0.220 e. The standard InChI is InChI=1S/C17H26N2O.ClH/c1-3-5-12(2)10-17(20)19-16-7-4-6-13-11-14(18)8-9-15(13)16;/h8-9,11-12,16H,3-7,10,18H2,1-2H3,(H,19,20);1H. The normalized spacial score (nSPS) is 18.3. The zero-order valence-electron chi connectivity index (χ0n) is 13.0. The minimum absolute atomic E-state index is 0. The molecule has 1 aromatic rings. The van der Waals surface area contributed by atoms with E-state index in [1.807, 2.05) is 12.1 Å². The molecule has 3 nitrogen and oxygen atoms in total. The molecule has 4 heteroatoms. The van der Waals surface area contributed by atoms with Gasteiger partial charge in [0.15, 0.2) is 0 Å². The van der Waals surface area contributed by atoms with Gasteiger partial charge >= 0.3 is 0 Å². The van der Waals surface area contributed by atoms with Crippen molar-refractivity contribution in [1.29, 1.82) is 0 Å². The van der Waals surface area contributed by atoms with Gasteiger partial charge in [0, 0.05) is 12.1 Å². The largest absolute Gasteiger partial charge is 0.399 e.